The van der Waals surface area contributed by atoms with Gasteiger partial charge in [-0.05, 0) is 30.2 Å². The summed E-state index contributed by atoms with van der Waals surface area (Å²) < 4.78 is 0. The summed E-state index contributed by atoms with van der Waals surface area (Å²) in [6.45, 7) is 2.93. The van der Waals surface area contributed by atoms with Crippen LogP contribution in [0.3, 0.4) is 0 Å². The number of imide groups is 1. The van der Waals surface area contributed by atoms with Gasteiger partial charge < -0.3 is 9.80 Å². The van der Waals surface area contributed by atoms with E-state index in [-0.39, 0.29) is 17.7 Å². The molecular weight excluding hydrogens is 424 g/mol. The summed E-state index contributed by atoms with van der Waals surface area (Å²) in [4.78, 5) is 48.3. The smallest absolute Gasteiger partial charge is 0.261 e. The van der Waals surface area contributed by atoms with E-state index in [1.165, 1.54) is 4.90 Å². The second kappa shape index (κ2) is 8.55. The van der Waals surface area contributed by atoms with Crippen molar-refractivity contribution in [2.45, 2.75) is 6.42 Å². The summed E-state index contributed by atoms with van der Waals surface area (Å²) in [5.74, 6) is -0.740. The molecule has 0 radical (unpaired) electrons. The Morgan fingerprint density at radius 3 is 2.41 bits per heavy atom. The van der Waals surface area contributed by atoms with Crippen LogP contribution >= 0.6 is 11.3 Å². The van der Waals surface area contributed by atoms with Crippen LogP contribution in [0, 0.1) is 0 Å². The molecule has 2 aliphatic rings. The van der Waals surface area contributed by atoms with Crippen LogP contribution in [0.25, 0.3) is 0 Å². The first-order chi connectivity index (χ1) is 15.6. The number of thiazole rings is 1. The number of hydrogen-bond acceptors (Lipinski definition) is 6. The average molecular weight is 447 g/mol. The SMILES string of the molecule is O=C(c1ccc2c(c1)C(=O)N(CCc1ccccc1)C2=O)N1CCN(c2nccs2)CC1. The highest BCUT2D eigenvalue weighted by molar-refractivity contribution is 7.13. The molecule has 3 heterocycles. The van der Waals surface area contributed by atoms with Gasteiger partial charge in [0, 0.05) is 49.9 Å². The minimum absolute atomic E-state index is 0.116. The molecule has 0 saturated carbocycles. The maximum atomic E-state index is 13.1. The summed E-state index contributed by atoms with van der Waals surface area (Å²) >= 11 is 1.59. The fourth-order valence-electron chi connectivity index (χ4n) is 4.17. The van der Waals surface area contributed by atoms with E-state index in [1.54, 1.807) is 40.6 Å². The Bertz CT molecular complexity index is 1160. The molecule has 3 amide bonds. The van der Waals surface area contributed by atoms with Crippen LogP contribution in [0.5, 0.6) is 0 Å². The minimum Gasteiger partial charge on any atom is -0.345 e. The van der Waals surface area contributed by atoms with E-state index in [0.717, 1.165) is 23.8 Å². The molecule has 0 unspecified atom stereocenters. The van der Waals surface area contributed by atoms with Crippen molar-refractivity contribution in [1.29, 1.82) is 0 Å². The number of carbonyl (C=O) groups is 3. The molecule has 1 saturated heterocycles. The first-order valence-electron chi connectivity index (χ1n) is 10.6. The first-order valence-corrected chi connectivity index (χ1v) is 11.5. The van der Waals surface area contributed by atoms with Gasteiger partial charge in [0.1, 0.15) is 0 Å². The van der Waals surface area contributed by atoms with Crippen molar-refractivity contribution in [2.75, 3.05) is 37.6 Å². The number of aromatic nitrogens is 1. The quantitative estimate of drug-likeness (QED) is 0.564. The molecule has 0 N–H and O–H groups in total. The molecule has 2 aliphatic heterocycles. The molecule has 5 rings (SSSR count). The van der Waals surface area contributed by atoms with Crippen LogP contribution in [0.15, 0.2) is 60.1 Å². The van der Waals surface area contributed by atoms with Gasteiger partial charge in [-0.1, -0.05) is 30.3 Å². The number of fused-ring (bicyclic) bond motifs is 1. The third kappa shape index (κ3) is 3.78. The van der Waals surface area contributed by atoms with Crippen molar-refractivity contribution in [1.82, 2.24) is 14.8 Å². The number of piperazine rings is 1. The molecule has 1 fully saturated rings. The third-order valence-corrected chi connectivity index (χ3v) is 6.77. The Kier molecular flexibility index (Phi) is 5.45. The van der Waals surface area contributed by atoms with E-state index in [4.69, 9.17) is 0 Å². The maximum absolute atomic E-state index is 13.1. The van der Waals surface area contributed by atoms with Crippen LogP contribution in [0.1, 0.15) is 36.6 Å². The predicted molar refractivity (Wildman–Crippen MR) is 122 cm³/mol. The molecule has 0 atom stereocenters. The Labute approximate surface area is 189 Å². The van der Waals surface area contributed by atoms with Gasteiger partial charge in [0.05, 0.1) is 11.1 Å². The lowest BCUT2D eigenvalue weighted by atomic mass is 10.0. The van der Waals surface area contributed by atoms with Crippen LogP contribution < -0.4 is 4.90 Å². The van der Waals surface area contributed by atoms with E-state index in [1.807, 2.05) is 35.7 Å². The van der Waals surface area contributed by atoms with E-state index in [0.29, 0.717) is 42.7 Å². The zero-order valence-corrected chi connectivity index (χ0v) is 18.3. The monoisotopic (exact) mass is 446 g/mol. The fourth-order valence-corrected chi connectivity index (χ4v) is 4.86. The summed E-state index contributed by atoms with van der Waals surface area (Å²) in [7, 11) is 0. The Morgan fingerprint density at radius 2 is 1.69 bits per heavy atom. The van der Waals surface area contributed by atoms with E-state index in [2.05, 4.69) is 9.88 Å². The molecule has 2 aromatic carbocycles. The summed E-state index contributed by atoms with van der Waals surface area (Å²) in [5.41, 5.74) is 2.19. The molecule has 162 valence electrons. The molecule has 32 heavy (non-hydrogen) atoms. The number of carbonyl (C=O) groups excluding carboxylic acids is 3. The van der Waals surface area contributed by atoms with E-state index < -0.39 is 0 Å². The fraction of sp³-hybridized carbons (Fsp3) is 0.250. The van der Waals surface area contributed by atoms with Gasteiger partial charge in [0.2, 0.25) is 0 Å². The Morgan fingerprint density at radius 1 is 0.938 bits per heavy atom. The van der Waals surface area contributed by atoms with Crippen LogP contribution in [-0.4, -0.2) is 65.2 Å². The zero-order chi connectivity index (χ0) is 22.1. The van der Waals surface area contributed by atoms with Crippen molar-refractivity contribution in [3.8, 4) is 0 Å². The predicted octanol–water partition coefficient (Wildman–Crippen LogP) is 2.94. The van der Waals surface area contributed by atoms with E-state index >= 15 is 0 Å². The molecule has 0 aliphatic carbocycles. The second-order valence-electron chi connectivity index (χ2n) is 7.85. The summed E-state index contributed by atoms with van der Waals surface area (Å²) in [6, 6.07) is 14.6. The lowest BCUT2D eigenvalue weighted by Crippen LogP contribution is -2.48. The number of rotatable bonds is 5. The zero-order valence-electron chi connectivity index (χ0n) is 17.4. The maximum Gasteiger partial charge on any atom is 0.261 e. The van der Waals surface area contributed by atoms with Crippen LogP contribution in [-0.2, 0) is 6.42 Å². The summed E-state index contributed by atoms with van der Waals surface area (Å²) in [5, 5.41) is 2.91. The van der Waals surface area contributed by atoms with Crippen LogP contribution in [0.4, 0.5) is 5.13 Å². The molecule has 7 nitrogen and oxygen atoms in total. The topological polar surface area (TPSA) is 73.8 Å². The number of amides is 3. The lowest BCUT2D eigenvalue weighted by molar-refractivity contribution is 0.0655. The van der Waals surface area contributed by atoms with Crippen molar-refractivity contribution < 1.29 is 14.4 Å². The number of anilines is 1. The Balaban J connectivity index is 1.26. The normalized spacial score (nSPS) is 15.9. The largest absolute Gasteiger partial charge is 0.345 e. The first kappa shape index (κ1) is 20.4. The van der Waals surface area contributed by atoms with Crippen molar-refractivity contribution >= 4 is 34.2 Å². The lowest BCUT2D eigenvalue weighted by Gasteiger charge is -2.34. The molecular formula is C24H22N4O3S. The van der Waals surface area contributed by atoms with Gasteiger partial charge in [0.25, 0.3) is 17.7 Å². The highest BCUT2D eigenvalue weighted by Gasteiger charge is 2.36. The van der Waals surface area contributed by atoms with Crippen molar-refractivity contribution in [3.05, 3.63) is 82.4 Å². The highest BCUT2D eigenvalue weighted by atomic mass is 32.1. The van der Waals surface area contributed by atoms with Gasteiger partial charge in [-0.25, -0.2) is 4.98 Å². The van der Waals surface area contributed by atoms with Gasteiger partial charge in [-0.2, -0.15) is 0 Å². The summed E-state index contributed by atoms with van der Waals surface area (Å²) in [6.07, 6.45) is 2.38. The van der Waals surface area contributed by atoms with Crippen molar-refractivity contribution in [3.63, 3.8) is 0 Å². The van der Waals surface area contributed by atoms with Crippen molar-refractivity contribution in [2.24, 2.45) is 0 Å². The second-order valence-corrected chi connectivity index (χ2v) is 8.72. The van der Waals surface area contributed by atoms with Gasteiger partial charge >= 0.3 is 0 Å². The molecule has 8 heteroatoms. The molecule has 1 aromatic heterocycles. The number of nitrogens with zero attached hydrogens (tertiary/aromatic N) is 4. The standard InChI is InChI=1S/C24H22N4O3S/c29-21(26-11-13-27(14-12-26)24-25-9-15-32-24)18-6-7-19-20(16-18)23(31)28(22(19)30)10-8-17-4-2-1-3-5-17/h1-7,9,15-16H,8,10-14H2. The van der Waals surface area contributed by atoms with Gasteiger partial charge in [-0.15, -0.1) is 11.3 Å². The van der Waals surface area contributed by atoms with Gasteiger partial charge in [0.15, 0.2) is 5.13 Å². The third-order valence-electron chi connectivity index (χ3n) is 5.94. The van der Waals surface area contributed by atoms with E-state index in [9.17, 15) is 14.4 Å². The Hall–Kier alpha value is -3.52. The molecule has 0 spiro atoms. The minimum atomic E-state index is -0.329. The molecule has 0 bridgehead atoms. The highest BCUT2D eigenvalue weighted by Crippen LogP contribution is 2.26. The van der Waals surface area contributed by atoms with Gasteiger partial charge in [-0.3, -0.25) is 19.3 Å². The molecule has 3 aromatic rings. The van der Waals surface area contributed by atoms with Crippen LogP contribution in [0.2, 0.25) is 0 Å². The average Bonchev–Trinajstić information content (AvgIpc) is 3.46. The number of hydrogen-bond donors (Lipinski definition) is 0. The number of benzene rings is 2.